The second-order valence-corrected chi connectivity index (χ2v) is 12.6. The predicted octanol–water partition coefficient (Wildman–Crippen LogP) is 6.24. The highest BCUT2D eigenvalue weighted by Crippen LogP contribution is 2.41. The second-order valence-electron chi connectivity index (χ2n) is 12.6. The number of fused-ring (bicyclic) bond motifs is 4. The number of aromatic nitrogens is 1. The van der Waals surface area contributed by atoms with Gasteiger partial charge in [-0.05, 0) is 92.0 Å². The molecule has 3 heterocycles. The Hall–Kier alpha value is -4.43. The molecule has 4 N–H and O–H groups in total. The van der Waals surface area contributed by atoms with Crippen molar-refractivity contribution in [2.75, 3.05) is 6.54 Å². The van der Waals surface area contributed by atoms with E-state index in [0.717, 1.165) is 64.8 Å². The van der Waals surface area contributed by atoms with Gasteiger partial charge in [-0.3, -0.25) is 9.59 Å². The Morgan fingerprint density at radius 3 is 2.47 bits per heavy atom. The lowest BCUT2D eigenvalue weighted by molar-refractivity contribution is 0.0700. The highest BCUT2D eigenvalue weighted by atomic mass is 19.1. The van der Waals surface area contributed by atoms with Gasteiger partial charge in [0, 0.05) is 52.6 Å². The van der Waals surface area contributed by atoms with E-state index in [2.05, 4.69) is 23.6 Å². The summed E-state index contributed by atoms with van der Waals surface area (Å²) in [7, 11) is 0. The molecule has 3 aliphatic rings. The Balaban J connectivity index is 1.19. The Kier molecular flexibility index (Phi) is 5.82. The second kappa shape index (κ2) is 9.54. The molecule has 2 amide bonds. The van der Waals surface area contributed by atoms with Crippen LogP contribution in [-0.2, 0) is 6.54 Å². The van der Waals surface area contributed by atoms with Crippen LogP contribution in [-0.4, -0.2) is 39.9 Å². The zero-order valence-corrected chi connectivity index (χ0v) is 24.0. The van der Waals surface area contributed by atoms with Crippen molar-refractivity contribution in [3.8, 4) is 22.6 Å². The normalized spacial score (nSPS) is 21.4. The zero-order valence-electron chi connectivity index (χ0n) is 24.0. The van der Waals surface area contributed by atoms with Crippen LogP contribution in [0.15, 0.2) is 65.1 Å². The number of nitrogens with two attached hydrogens (primary N) is 2. The Bertz CT molecular complexity index is 1970. The summed E-state index contributed by atoms with van der Waals surface area (Å²) in [6.45, 7) is 3.65. The van der Waals surface area contributed by atoms with E-state index in [1.165, 1.54) is 25.0 Å². The predicted molar refractivity (Wildman–Crippen MR) is 164 cm³/mol. The molecule has 2 aromatic heterocycles. The first-order chi connectivity index (χ1) is 20.8. The zero-order chi connectivity index (χ0) is 29.6. The standard InChI is InChI=1S/C35H33FN4O3/c1-18-25-9-7-23(35(42)40-17-24-8-11-28(40)32(24)37)15-31(25)43-33(18)30-14-22-5-4-21(13-29(22)39(30)16-19-2-3-19)20-6-10-26(34(38)41)27(36)12-20/h4-7,9-10,12-15,19,24,28,32H,2-3,8,11,16-17,37H2,1H3,(H2,38,41)/t24?,28?,32-/m1/s1. The molecule has 2 unspecified atom stereocenters. The monoisotopic (exact) mass is 576 g/mol. The number of hydrogen-bond donors (Lipinski definition) is 2. The number of amides is 2. The van der Waals surface area contributed by atoms with Crippen LogP contribution in [0.3, 0.4) is 0 Å². The van der Waals surface area contributed by atoms with Gasteiger partial charge in [0.05, 0.1) is 11.3 Å². The largest absolute Gasteiger partial charge is 0.454 e. The van der Waals surface area contributed by atoms with Gasteiger partial charge in [-0.25, -0.2) is 4.39 Å². The average molecular weight is 577 g/mol. The van der Waals surface area contributed by atoms with Gasteiger partial charge in [-0.15, -0.1) is 0 Å². The maximum absolute atomic E-state index is 14.6. The first-order valence-electron chi connectivity index (χ1n) is 15.1. The van der Waals surface area contributed by atoms with Crippen molar-refractivity contribution < 1.29 is 18.4 Å². The van der Waals surface area contributed by atoms with Crippen molar-refractivity contribution in [1.29, 1.82) is 0 Å². The van der Waals surface area contributed by atoms with E-state index in [0.29, 0.717) is 28.5 Å². The van der Waals surface area contributed by atoms with E-state index < -0.39 is 11.7 Å². The summed E-state index contributed by atoms with van der Waals surface area (Å²) >= 11 is 0. The molecule has 1 aliphatic heterocycles. The fourth-order valence-electron chi connectivity index (χ4n) is 7.32. The molecule has 2 bridgehead atoms. The smallest absolute Gasteiger partial charge is 0.254 e. The molecule has 1 saturated heterocycles. The van der Waals surface area contributed by atoms with E-state index in [9.17, 15) is 14.0 Å². The van der Waals surface area contributed by atoms with E-state index in [1.54, 1.807) is 6.07 Å². The van der Waals surface area contributed by atoms with Crippen molar-refractivity contribution >= 4 is 33.7 Å². The molecule has 7 nitrogen and oxygen atoms in total. The number of carbonyl (C=O) groups is 2. The molecule has 8 rings (SSSR count). The number of hydrogen-bond acceptors (Lipinski definition) is 4. The van der Waals surface area contributed by atoms with Gasteiger partial charge in [0.1, 0.15) is 11.4 Å². The third-order valence-corrected chi connectivity index (χ3v) is 9.94. The quantitative estimate of drug-likeness (QED) is 0.250. The van der Waals surface area contributed by atoms with Crippen LogP contribution < -0.4 is 11.5 Å². The maximum atomic E-state index is 14.6. The Labute approximate surface area is 248 Å². The Morgan fingerprint density at radius 2 is 1.77 bits per heavy atom. The lowest BCUT2D eigenvalue weighted by atomic mass is 10.0. The molecule has 3 aromatic carbocycles. The van der Waals surface area contributed by atoms with Crippen LogP contribution in [0.4, 0.5) is 4.39 Å². The van der Waals surface area contributed by atoms with Crippen LogP contribution in [0.5, 0.6) is 0 Å². The number of furan rings is 1. The van der Waals surface area contributed by atoms with Crippen LogP contribution >= 0.6 is 0 Å². The summed E-state index contributed by atoms with van der Waals surface area (Å²) in [5, 5.41) is 2.05. The van der Waals surface area contributed by atoms with Gasteiger partial charge >= 0.3 is 0 Å². The van der Waals surface area contributed by atoms with E-state index in [1.807, 2.05) is 35.2 Å². The summed E-state index contributed by atoms with van der Waals surface area (Å²) in [6.07, 6.45) is 4.45. The van der Waals surface area contributed by atoms with Gasteiger partial charge < -0.3 is 25.4 Å². The molecule has 218 valence electrons. The van der Waals surface area contributed by atoms with Crippen LogP contribution in [0, 0.1) is 24.6 Å². The summed E-state index contributed by atoms with van der Waals surface area (Å²) in [4.78, 5) is 27.0. The molecule has 43 heavy (non-hydrogen) atoms. The van der Waals surface area contributed by atoms with Crippen molar-refractivity contribution in [1.82, 2.24) is 9.47 Å². The number of aryl methyl sites for hydroxylation is 1. The molecule has 0 radical (unpaired) electrons. The summed E-state index contributed by atoms with van der Waals surface area (Å²) in [5.74, 6) is 0.397. The van der Waals surface area contributed by atoms with Gasteiger partial charge in [0.15, 0.2) is 5.76 Å². The average Bonchev–Trinajstić information content (AvgIpc) is 3.41. The van der Waals surface area contributed by atoms with E-state index in [-0.39, 0.29) is 23.6 Å². The minimum atomic E-state index is -0.785. The van der Waals surface area contributed by atoms with Crippen molar-refractivity contribution in [2.24, 2.45) is 23.3 Å². The highest BCUT2D eigenvalue weighted by Gasteiger charge is 2.46. The number of halogens is 1. The van der Waals surface area contributed by atoms with Gasteiger partial charge in [-0.2, -0.15) is 0 Å². The van der Waals surface area contributed by atoms with E-state index >= 15 is 0 Å². The Morgan fingerprint density at radius 1 is 0.977 bits per heavy atom. The first kappa shape index (κ1) is 26.2. The third kappa shape index (κ3) is 4.19. The molecular formula is C35H33FN4O3. The topological polar surface area (TPSA) is 107 Å². The molecule has 8 heteroatoms. The van der Waals surface area contributed by atoms with Gasteiger partial charge in [0.2, 0.25) is 0 Å². The first-order valence-corrected chi connectivity index (χ1v) is 15.1. The number of primary amides is 1. The fourth-order valence-corrected chi connectivity index (χ4v) is 7.32. The minimum absolute atomic E-state index is 0.0239. The van der Waals surface area contributed by atoms with Gasteiger partial charge in [0.25, 0.3) is 11.8 Å². The molecule has 2 saturated carbocycles. The highest BCUT2D eigenvalue weighted by molar-refractivity contribution is 6.00. The minimum Gasteiger partial charge on any atom is -0.454 e. The summed E-state index contributed by atoms with van der Waals surface area (Å²) in [6, 6.07) is 18.7. The molecule has 3 atom stereocenters. The molecule has 3 fully saturated rings. The fraction of sp³-hybridized carbons (Fsp3) is 0.314. The van der Waals surface area contributed by atoms with Gasteiger partial charge in [-0.1, -0.05) is 24.3 Å². The summed E-state index contributed by atoms with van der Waals surface area (Å²) in [5.41, 5.74) is 17.5. The van der Waals surface area contributed by atoms with Crippen molar-refractivity contribution in [3.05, 3.63) is 83.2 Å². The molecular weight excluding hydrogens is 543 g/mol. The third-order valence-electron chi connectivity index (χ3n) is 9.94. The lowest BCUT2D eigenvalue weighted by Crippen LogP contribution is -2.41. The van der Waals surface area contributed by atoms with E-state index in [4.69, 9.17) is 15.9 Å². The van der Waals surface area contributed by atoms with Crippen LogP contribution in [0.25, 0.3) is 44.5 Å². The maximum Gasteiger partial charge on any atom is 0.254 e. The number of benzene rings is 3. The SMILES string of the molecule is Cc1c(-c2cc3ccc(-c4ccc(C(N)=O)c(F)c4)cc3n2CC2CC2)oc2cc(C(=O)N3CC4CCC3[C@@H]4N)ccc12. The van der Waals surface area contributed by atoms with Crippen LogP contribution in [0.2, 0.25) is 0 Å². The number of nitrogens with zero attached hydrogens (tertiary/aromatic N) is 2. The van der Waals surface area contributed by atoms with Crippen molar-refractivity contribution in [2.45, 2.75) is 51.2 Å². The lowest BCUT2D eigenvalue weighted by Gasteiger charge is -2.27. The number of piperidine rings is 1. The van der Waals surface area contributed by atoms with Crippen LogP contribution in [0.1, 0.15) is 52.0 Å². The molecule has 5 aromatic rings. The molecule has 2 aliphatic carbocycles. The number of carbonyl (C=O) groups excluding carboxylic acids is 2. The molecule has 0 spiro atoms. The number of likely N-dealkylation sites (tertiary alicyclic amines) is 1. The number of rotatable bonds is 6. The van der Waals surface area contributed by atoms with Crippen molar-refractivity contribution in [3.63, 3.8) is 0 Å². The summed E-state index contributed by atoms with van der Waals surface area (Å²) < 4.78 is 23.5.